The SMILES string of the molecule is CC1CCC(CCc2cc(F)c(Cl)c(F)c2)CC1. The van der Waals surface area contributed by atoms with E-state index in [4.69, 9.17) is 11.6 Å². The maximum atomic E-state index is 13.3. The molecule has 3 heteroatoms. The molecule has 0 spiro atoms. The maximum Gasteiger partial charge on any atom is 0.145 e. The molecule has 1 aliphatic carbocycles. The Kier molecular flexibility index (Phi) is 4.60. The van der Waals surface area contributed by atoms with Crippen LogP contribution in [-0.2, 0) is 6.42 Å². The minimum Gasteiger partial charge on any atom is -0.205 e. The highest BCUT2D eigenvalue weighted by Gasteiger charge is 2.18. The van der Waals surface area contributed by atoms with Gasteiger partial charge in [0.05, 0.1) is 0 Å². The first-order valence-corrected chi connectivity index (χ1v) is 7.07. The third kappa shape index (κ3) is 3.44. The first-order valence-electron chi connectivity index (χ1n) is 6.69. The Hall–Kier alpha value is -0.630. The van der Waals surface area contributed by atoms with E-state index in [0.29, 0.717) is 11.5 Å². The summed E-state index contributed by atoms with van der Waals surface area (Å²) in [5.41, 5.74) is 0.716. The third-order valence-electron chi connectivity index (χ3n) is 4.02. The fourth-order valence-electron chi connectivity index (χ4n) is 2.74. The molecule has 0 N–H and O–H groups in total. The maximum absolute atomic E-state index is 13.3. The first kappa shape index (κ1) is 13.8. The van der Waals surface area contributed by atoms with E-state index in [9.17, 15) is 8.78 Å². The van der Waals surface area contributed by atoms with Gasteiger partial charge in [0.1, 0.15) is 16.7 Å². The number of hydrogen-bond acceptors (Lipinski definition) is 0. The second kappa shape index (κ2) is 6.01. The molecule has 1 fully saturated rings. The van der Waals surface area contributed by atoms with E-state index in [2.05, 4.69) is 6.92 Å². The molecule has 0 atom stereocenters. The summed E-state index contributed by atoms with van der Waals surface area (Å²) in [5, 5.41) is -0.398. The minimum absolute atomic E-state index is 0.398. The van der Waals surface area contributed by atoms with Gasteiger partial charge in [-0.15, -0.1) is 0 Å². The summed E-state index contributed by atoms with van der Waals surface area (Å²) in [7, 11) is 0. The van der Waals surface area contributed by atoms with Gasteiger partial charge in [-0.2, -0.15) is 0 Å². The van der Waals surface area contributed by atoms with Crippen LogP contribution < -0.4 is 0 Å². The van der Waals surface area contributed by atoms with Gasteiger partial charge in [0.25, 0.3) is 0 Å². The second-order valence-electron chi connectivity index (χ2n) is 5.54. The molecular weight excluding hydrogens is 254 g/mol. The molecule has 2 rings (SSSR count). The van der Waals surface area contributed by atoms with Crippen molar-refractivity contribution in [3.63, 3.8) is 0 Å². The average Bonchev–Trinajstić information content (AvgIpc) is 2.35. The molecule has 1 aromatic rings. The van der Waals surface area contributed by atoms with Crippen LogP contribution in [0.25, 0.3) is 0 Å². The highest BCUT2D eigenvalue weighted by atomic mass is 35.5. The molecule has 1 aromatic carbocycles. The van der Waals surface area contributed by atoms with Gasteiger partial charge in [0.15, 0.2) is 0 Å². The summed E-state index contributed by atoms with van der Waals surface area (Å²) >= 11 is 5.46. The van der Waals surface area contributed by atoms with Crippen molar-refractivity contribution in [2.24, 2.45) is 11.8 Å². The lowest BCUT2D eigenvalue weighted by Crippen LogP contribution is -2.13. The zero-order valence-electron chi connectivity index (χ0n) is 10.7. The standard InChI is InChI=1S/C15H19ClF2/c1-10-2-4-11(5-3-10)6-7-12-8-13(17)15(16)14(18)9-12/h8-11H,2-7H2,1H3. The normalized spacial score (nSPS) is 24.2. The third-order valence-corrected chi connectivity index (χ3v) is 4.38. The van der Waals surface area contributed by atoms with Crippen LogP contribution in [0.2, 0.25) is 5.02 Å². The van der Waals surface area contributed by atoms with Gasteiger partial charge in [-0.1, -0.05) is 44.2 Å². The van der Waals surface area contributed by atoms with Gasteiger partial charge >= 0.3 is 0 Å². The monoisotopic (exact) mass is 272 g/mol. The zero-order chi connectivity index (χ0) is 13.1. The average molecular weight is 273 g/mol. The lowest BCUT2D eigenvalue weighted by Gasteiger charge is -2.26. The summed E-state index contributed by atoms with van der Waals surface area (Å²) in [5.74, 6) is 0.252. The van der Waals surface area contributed by atoms with Crippen molar-refractivity contribution >= 4 is 11.6 Å². The van der Waals surface area contributed by atoms with Crippen molar-refractivity contribution in [2.75, 3.05) is 0 Å². The van der Waals surface area contributed by atoms with Crippen LogP contribution in [0.3, 0.4) is 0 Å². The molecule has 0 radical (unpaired) electrons. The quantitative estimate of drug-likeness (QED) is 0.648. The largest absolute Gasteiger partial charge is 0.205 e. The van der Waals surface area contributed by atoms with E-state index in [1.807, 2.05) is 0 Å². The van der Waals surface area contributed by atoms with Gasteiger partial charge < -0.3 is 0 Å². The Balaban J connectivity index is 1.90. The van der Waals surface area contributed by atoms with Crippen molar-refractivity contribution in [2.45, 2.75) is 45.4 Å². The van der Waals surface area contributed by atoms with Crippen LogP contribution in [0.1, 0.15) is 44.6 Å². The number of benzene rings is 1. The van der Waals surface area contributed by atoms with Crippen LogP contribution in [0.4, 0.5) is 8.78 Å². The van der Waals surface area contributed by atoms with Crippen molar-refractivity contribution in [1.29, 1.82) is 0 Å². The van der Waals surface area contributed by atoms with E-state index in [1.54, 1.807) is 0 Å². The molecule has 0 heterocycles. The van der Waals surface area contributed by atoms with E-state index in [0.717, 1.165) is 18.8 Å². The predicted octanol–water partition coefficient (Wildman–Crippen LogP) is 5.38. The van der Waals surface area contributed by atoms with E-state index < -0.39 is 16.7 Å². The van der Waals surface area contributed by atoms with Gasteiger partial charge in [-0.25, -0.2) is 8.78 Å². The molecule has 1 saturated carbocycles. The topological polar surface area (TPSA) is 0 Å². The molecule has 0 aliphatic heterocycles. The highest BCUT2D eigenvalue weighted by molar-refractivity contribution is 6.30. The number of rotatable bonds is 3. The first-order chi connectivity index (χ1) is 8.56. The number of halogens is 3. The molecule has 0 bridgehead atoms. The Labute approximate surface area is 112 Å². The van der Waals surface area contributed by atoms with Crippen LogP contribution in [-0.4, -0.2) is 0 Å². The van der Waals surface area contributed by atoms with Crippen LogP contribution in [0, 0.1) is 23.5 Å². The molecule has 0 saturated heterocycles. The summed E-state index contributed by atoms with van der Waals surface area (Å²) in [6.45, 7) is 2.29. The smallest absolute Gasteiger partial charge is 0.145 e. The molecule has 0 unspecified atom stereocenters. The molecule has 18 heavy (non-hydrogen) atoms. The minimum atomic E-state index is -0.649. The fraction of sp³-hybridized carbons (Fsp3) is 0.600. The Morgan fingerprint density at radius 3 is 2.22 bits per heavy atom. The molecule has 100 valence electrons. The molecular formula is C15H19ClF2. The summed E-state index contributed by atoms with van der Waals surface area (Å²) in [6, 6.07) is 2.72. The van der Waals surface area contributed by atoms with Gasteiger partial charge in [0.2, 0.25) is 0 Å². The number of aryl methyl sites for hydroxylation is 1. The Morgan fingerprint density at radius 2 is 1.67 bits per heavy atom. The Morgan fingerprint density at radius 1 is 1.11 bits per heavy atom. The van der Waals surface area contributed by atoms with Crippen molar-refractivity contribution < 1.29 is 8.78 Å². The molecule has 0 amide bonds. The van der Waals surface area contributed by atoms with Crippen LogP contribution >= 0.6 is 11.6 Å². The van der Waals surface area contributed by atoms with E-state index in [-0.39, 0.29) is 0 Å². The molecule has 0 aromatic heterocycles. The second-order valence-corrected chi connectivity index (χ2v) is 5.92. The van der Waals surface area contributed by atoms with Gasteiger partial charge in [0, 0.05) is 0 Å². The summed E-state index contributed by atoms with van der Waals surface area (Å²) in [6.07, 6.45) is 6.83. The van der Waals surface area contributed by atoms with Gasteiger partial charge in [-0.05, 0) is 42.4 Å². The highest BCUT2D eigenvalue weighted by Crippen LogP contribution is 2.31. The van der Waals surface area contributed by atoms with Gasteiger partial charge in [-0.3, -0.25) is 0 Å². The van der Waals surface area contributed by atoms with Crippen molar-refractivity contribution in [1.82, 2.24) is 0 Å². The van der Waals surface area contributed by atoms with Crippen LogP contribution in [0.5, 0.6) is 0 Å². The van der Waals surface area contributed by atoms with E-state index in [1.165, 1.54) is 37.8 Å². The van der Waals surface area contributed by atoms with Crippen molar-refractivity contribution in [3.8, 4) is 0 Å². The predicted molar refractivity (Wildman–Crippen MR) is 70.8 cm³/mol. The Bertz CT molecular complexity index is 386. The lowest BCUT2D eigenvalue weighted by molar-refractivity contribution is 0.277. The lowest BCUT2D eigenvalue weighted by atomic mass is 9.80. The molecule has 1 aliphatic rings. The number of hydrogen-bond donors (Lipinski definition) is 0. The van der Waals surface area contributed by atoms with Crippen molar-refractivity contribution in [3.05, 3.63) is 34.4 Å². The zero-order valence-corrected chi connectivity index (χ0v) is 11.4. The van der Waals surface area contributed by atoms with Crippen LogP contribution in [0.15, 0.2) is 12.1 Å². The molecule has 0 nitrogen and oxygen atoms in total. The van der Waals surface area contributed by atoms with E-state index >= 15 is 0 Å². The summed E-state index contributed by atoms with van der Waals surface area (Å²) in [4.78, 5) is 0. The summed E-state index contributed by atoms with van der Waals surface area (Å²) < 4.78 is 26.6. The fourth-order valence-corrected chi connectivity index (χ4v) is 2.85.